The van der Waals surface area contributed by atoms with Crippen LogP contribution in [0.2, 0.25) is 0 Å². The fourth-order valence-electron chi connectivity index (χ4n) is 3.18. The van der Waals surface area contributed by atoms with Crippen LogP contribution in [0, 0.1) is 6.07 Å². The van der Waals surface area contributed by atoms with Gasteiger partial charge in [-0.15, -0.1) is 0 Å². The summed E-state index contributed by atoms with van der Waals surface area (Å²) in [4.78, 5) is 11.9. The fourth-order valence-corrected chi connectivity index (χ4v) is 3.59. The molecule has 1 radical (unpaired) electrons. The second-order valence-corrected chi connectivity index (χ2v) is 6.53. The first-order chi connectivity index (χ1) is 11.7. The van der Waals surface area contributed by atoms with Crippen LogP contribution in [0.3, 0.4) is 0 Å². The zero-order valence-electron chi connectivity index (χ0n) is 12.8. The molecule has 0 bridgehead atoms. The maximum atomic E-state index is 11.9. The number of amides is 1. The Hall–Kier alpha value is -2.59. The molecule has 0 atom stereocenters. The van der Waals surface area contributed by atoms with E-state index in [4.69, 9.17) is 5.73 Å². The smallest absolute Gasteiger partial charge is 0.249 e. The normalized spacial score (nSPS) is 11.2. The first kappa shape index (κ1) is 15.0. The van der Waals surface area contributed by atoms with E-state index >= 15 is 0 Å². The quantitative estimate of drug-likeness (QED) is 0.561. The Morgan fingerprint density at radius 1 is 1.04 bits per heavy atom. The van der Waals surface area contributed by atoms with Crippen LogP contribution in [0.25, 0.3) is 21.8 Å². The van der Waals surface area contributed by atoms with Crippen molar-refractivity contribution >= 4 is 43.6 Å². The predicted molar refractivity (Wildman–Crippen MR) is 100 cm³/mol. The third kappa shape index (κ3) is 2.31. The van der Waals surface area contributed by atoms with Crippen molar-refractivity contribution in [2.24, 2.45) is 5.73 Å². The second kappa shape index (κ2) is 5.80. The molecule has 3 aromatic carbocycles. The SMILES string of the molecule is NC(=O)c1cccc2c1c1[c]cccc1n2Cc1ccccc1Br. The van der Waals surface area contributed by atoms with E-state index in [1.165, 1.54) is 5.56 Å². The summed E-state index contributed by atoms with van der Waals surface area (Å²) < 4.78 is 3.26. The Morgan fingerprint density at radius 2 is 1.83 bits per heavy atom. The molecule has 4 rings (SSSR count). The minimum atomic E-state index is -0.419. The molecule has 24 heavy (non-hydrogen) atoms. The van der Waals surface area contributed by atoms with Gasteiger partial charge < -0.3 is 10.3 Å². The lowest BCUT2D eigenvalue weighted by molar-refractivity contribution is 0.100. The van der Waals surface area contributed by atoms with E-state index in [-0.39, 0.29) is 0 Å². The van der Waals surface area contributed by atoms with Crippen LogP contribution in [0.4, 0.5) is 0 Å². The average Bonchev–Trinajstić information content (AvgIpc) is 2.91. The number of hydrogen-bond acceptors (Lipinski definition) is 1. The summed E-state index contributed by atoms with van der Waals surface area (Å²) in [5.74, 6) is -0.419. The molecule has 0 aliphatic carbocycles. The summed E-state index contributed by atoms with van der Waals surface area (Å²) in [6.07, 6.45) is 0. The van der Waals surface area contributed by atoms with E-state index < -0.39 is 5.91 Å². The number of carbonyl (C=O) groups is 1. The van der Waals surface area contributed by atoms with Crippen LogP contribution >= 0.6 is 15.9 Å². The summed E-state index contributed by atoms with van der Waals surface area (Å²) in [5.41, 5.74) is 9.32. The van der Waals surface area contributed by atoms with E-state index in [0.717, 1.165) is 26.3 Å². The van der Waals surface area contributed by atoms with Crippen molar-refractivity contribution in [3.63, 3.8) is 0 Å². The van der Waals surface area contributed by atoms with E-state index in [1.807, 2.05) is 48.5 Å². The molecule has 0 saturated carbocycles. The van der Waals surface area contributed by atoms with Crippen molar-refractivity contribution in [3.05, 3.63) is 82.3 Å². The first-order valence-electron chi connectivity index (χ1n) is 7.61. The van der Waals surface area contributed by atoms with Gasteiger partial charge in [-0.25, -0.2) is 0 Å². The lowest BCUT2D eigenvalue weighted by Gasteiger charge is -2.09. The van der Waals surface area contributed by atoms with Gasteiger partial charge in [0.05, 0.1) is 11.0 Å². The molecule has 0 saturated heterocycles. The third-order valence-corrected chi connectivity index (χ3v) is 5.03. The molecule has 3 nitrogen and oxygen atoms in total. The number of fused-ring (bicyclic) bond motifs is 3. The summed E-state index contributed by atoms with van der Waals surface area (Å²) >= 11 is 3.61. The van der Waals surface area contributed by atoms with Crippen molar-refractivity contribution < 1.29 is 4.79 Å². The number of benzene rings is 3. The van der Waals surface area contributed by atoms with Crippen LogP contribution in [-0.2, 0) is 6.54 Å². The van der Waals surface area contributed by atoms with Gasteiger partial charge in [-0.2, -0.15) is 0 Å². The van der Waals surface area contributed by atoms with Gasteiger partial charge in [-0.1, -0.05) is 52.3 Å². The number of halogens is 1. The highest BCUT2D eigenvalue weighted by molar-refractivity contribution is 9.10. The van der Waals surface area contributed by atoms with Crippen molar-refractivity contribution in [1.29, 1.82) is 0 Å². The molecule has 4 aromatic rings. The first-order valence-corrected chi connectivity index (χ1v) is 8.41. The standard InChI is InChI=1S/C20H14BrN2O/c21-16-9-3-1-6-13(16)12-23-17-10-4-2-7-14(17)19-15(20(22)24)8-5-11-18(19)23/h1-6,8-11H,12H2,(H2,22,24). The van der Waals surface area contributed by atoms with Gasteiger partial charge in [-0.05, 0) is 35.9 Å². The molecule has 2 N–H and O–H groups in total. The van der Waals surface area contributed by atoms with Gasteiger partial charge in [0, 0.05) is 27.4 Å². The Labute approximate surface area is 147 Å². The van der Waals surface area contributed by atoms with Crippen LogP contribution in [0.5, 0.6) is 0 Å². The number of carbonyl (C=O) groups excluding carboxylic acids is 1. The molecule has 4 heteroatoms. The molecule has 0 unspecified atom stereocenters. The number of aromatic nitrogens is 1. The van der Waals surface area contributed by atoms with Gasteiger partial charge in [0.1, 0.15) is 0 Å². The van der Waals surface area contributed by atoms with Crippen LogP contribution in [0.15, 0.2) is 65.1 Å². The largest absolute Gasteiger partial charge is 0.366 e. The second-order valence-electron chi connectivity index (χ2n) is 5.67. The van der Waals surface area contributed by atoms with Crippen LogP contribution in [0.1, 0.15) is 15.9 Å². The van der Waals surface area contributed by atoms with Gasteiger partial charge >= 0.3 is 0 Å². The maximum Gasteiger partial charge on any atom is 0.249 e. The molecule has 0 aliphatic rings. The third-order valence-electron chi connectivity index (χ3n) is 4.26. The molecular weight excluding hydrogens is 364 g/mol. The fraction of sp³-hybridized carbons (Fsp3) is 0.0500. The Morgan fingerprint density at radius 3 is 2.62 bits per heavy atom. The zero-order valence-corrected chi connectivity index (χ0v) is 14.4. The highest BCUT2D eigenvalue weighted by Crippen LogP contribution is 2.32. The minimum Gasteiger partial charge on any atom is -0.366 e. The van der Waals surface area contributed by atoms with Crippen molar-refractivity contribution in [1.82, 2.24) is 4.57 Å². The van der Waals surface area contributed by atoms with E-state index in [1.54, 1.807) is 6.07 Å². The highest BCUT2D eigenvalue weighted by atomic mass is 79.9. The van der Waals surface area contributed by atoms with Crippen molar-refractivity contribution in [3.8, 4) is 0 Å². The van der Waals surface area contributed by atoms with Crippen molar-refractivity contribution in [2.75, 3.05) is 0 Å². The molecule has 117 valence electrons. The van der Waals surface area contributed by atoms with E-state index in [9.17, 15) is 4.79 Å². The number of nitrogens with two attached hydrogens (primary N) is 1. The lowest BCUT2D eigenvalue weighted by atomic mass is 10.1. The van der Waals surface area contributed by atoms with E-state index in [2.05, 4.69) is 32.6 Å². The van der Waals surface area contributed by atoms with Gasteiger partial charge in [0.2, 0.25) is 5.91 Å². The Kier molecular flexibility index (Phi) is 3.62. The summed E-state index contributed by atoms with van der Waals surface area (Å²) in [5, 5.41) is 1.79. The maximum absolute atomic E-state index is 11.9. The molecule has 0 fully saturated rings. The van der Waals surface area contributed by atoms with E-state index in [0.29, 0.717) is 12.1 Å². The highest BCUT2D eigenvalue weighted by Gasteiger charge is 2.16. The monoisotopic (exact) mass is 377 g/mol. The summed E-state index contributed by atoms with van der Waals surface area (Å²) in [6.45, 7) is 0.696. The summed E-state index contributed by atoms with van der Waals surface area (Å²) in [7, 11) is 0. The summed E-state index contributed by atoms with van der Waals surface area (Å²) in [6, 6.07) is 22.9. The average molecular weight is 378 g/mol. The number of primary amides is 1. The number of nitrogens with zero attached hydrogens (tertiary/aromatic N) is 1. The lowest BCUT2D eigenvalue weighted by Crippen LogP contribution is -2.11. The topological polar surface area (TPSA) is 48.0 Å². The van der Waals surface area contributed by atoms with Gasteiger partial charge in [-0.3, -0.25) is 4.79 Å². The molecule has 0 spiro atoms. The van der Waals surface area contributed by atoms with Gasteiger partial charge in [0.25, 0.3) is 0 Å². The van der Waals surface area contributed by atoms with Gasteiger partial charge in [0.15, 0.2) is 0 Å². The molecular formula is C20H14BrN2O. The molecule has 1 heterocycles. The van der Waals surface area contributed by atoms with Crippen molar-refractivity contribution in [2.45, 2.75) is 6.54 Å². The molecule has 1 aromatic heterocycles. The molecule has 0 aliphatic heterocycles. The van der Waals surface area contributed by atoms with Crippen LogP contribution in [-0.4, -0.2) is 10.5 Å². The number of rotatable bonds is 3. The zero-order chi connectivity index (χ0) is 16.7. The minimum absolute atomic E-state index is 0.419. The number of hydrogen-bond donors (Lipinski definition) is 1. The Bertz CT molecular complexity index is 1080. The Balaban J connectivity index is 2.06. The van der Waals surface area contributed by atoms with Crippen LogP contribution < -0.4 is 5.73 Å². The predicted octanol–water partition coefficient (Wildman–Crippen LogP) is 4.50. The molecule has 1 amide bonds.